The topological polar surface area (TPSA) is 65.0 Å². The minimum atomic E-state index is -0.800. The summed E-state index contributed by atoms with van der Waals surface area (Å²) in [6.45, 7) is 7.84. The Morgan fingerprint density at radius 2 is 1.91 bits per heavy atom. The first-order valence-electron chi connectivity index (χ1n) is 7.38. The highest BCUT2D eigenvalue weighted by atomic mass is 16.5. The van der Waals surface area contributed by atoms with Crippen LogP contribution in [0.2, 0.25) is 0 Å². The molecule has 23 heavy (non-hydrogen) atoms. The van der Waals surface area contributed by atoms with Crippen LogP contribution < -0.4 is 0 Å². The Hall–Kier alpha value is -2.43. The van der Waals surface area contributed by atoms with E-state index in [-0.39, 0.29) is 17.7 Å². The number of ether oxygens (including phenoxy) is 2. The Morgan fingerprint density at radius 3 is 2.48 bits per heavy atom. The first-order chi connectivity index (χ1) is 10.9. The highest BCUT2D eigenvalue weighted by Gasteiger charge is 2.20. The van der Waals surface area contributed by atoms with Gasteiger partial charge in [0, 0.05) is 0 Å². The molecule has 124 valence electrons. The number of carbonyl (C=O) groups is 2. The average Bonchev–Trinajstić information content (AvgIpc) is 2.57. The van der Waals surface area contributed by atoms with Gasteiger partial charge in [0.2, 0.25) is 0 Å². The second-order valence-corrected chi connectivity index (χ2v) is 5.78. The molecule has 0 fully saturated rings. The summed E-state index contributed by atoms with van der Waals surface area (Å²) in [5.41, 5.74) is 0.742. The molecule has 0 bridgehead atoms. The van der Waals surface area contributed by atoms with Gasteiger partial charge in [-0.05, 0) is 23.8 Å². The lowest BCUT2D eigenvalue weighted by molar-refractivity contribution is -0.132. The third kappa shape index (κ3) is 6.91. The lowest BCUT2D eigenvalue weighted by Crippen LogP contribution is -2.20. The minimum Gasteiger partial charge on any atom is -0.465 e. The van der Waals surface area contributed by atoms with Crippen LogP contribution in [0.15, 0.2) is 48.0 Å². The van der Waals surface area contributed by atoms with Gasteiger partial charge < -0.3 is 9.47 Å². The molecule has 1 aromatic rings. The summed E-state index contributed by atoms with van der Waals surface area (Å²) in [5.74, 6) is -0.624. The number of rotatable bonds is 7. The number of carbonyl (C=O) groups excluding carboxylic acids is 2. The van der Waals surface area contributed by atoms with Crippen molar-refractivity contribution in [1.29, 1.82) is 0 Å². The molecule has 0 radical (unpaired) electrons. The smallest absolute Gasteiger partial charge is 0.434 e. The summed E-state index contributed by atoms with van der Waals surface area (Å²) in [4.78, 5) is 27.3. The molecule has 1 rings (SSSR count). The van der Waals surface area contributed by atoms with Crippen LogP contribution in [-0.4, -0.2) is 24.9 Å². The third-order valence-electron chi connectivity index (χ3n) is 3.41. The van der Waals surface area contributed by atoms with Crippen LogP contribution in [-0.2, 0) is 20.9 Å². The fourth-order valence-electron chi connectivity index (χ4n) is 1.73. The van der Waals surface area contributed by atoms with Crippen LogP contribution in [0, 0.1) is 5.41 Å². The molecule has 1 aromatic carbocycles. The normalized spacial score (nSPS) is 11.7. The molecule has 0 unspecified atom stereocenters. The molecule has 0 atom stereocenters. The number of allylic oxidation sites excluding steroid dienone is 1. The Bertz CT molecular complexity index is 576. The van der Waals surface area contributed by atoms with E-state index in [0.29, 0.717) is 12.8 Å². The lowest BCUT2D eigenvalue weighted by Gasteiger charge is -2.19. The lowest BCUT2D eigenvalue weighted by atomic mass is 9.87. The number of nitrogens with zero attached hydrogens (tertiary/aromatic N) is 1. The van der Waals surface area contributed by atoms with Gasteiger partial charge >= 0.3 is 12.1 Å². The van der Waals surface area contributed by atoms with E-state index in [1.54, 1.807) is 6.08 Å². The Labute approximate surface area is 137 Å². The monoisotopic (exact) mass is 317 g/mol. The number of hydrogen-bond donors (Lipinski definition) is 0. The Kier molecular flexibility index (Phi) is 7.19. The fourth-order valence-corrected chi connectivity index (χ4v) is 1.73. The summed E-state index contributed by atoms with van der Waals surface area (Å²) in [7, 11) is 1.26. The first-order valence-corrected chi connectivity index (χ1v) is 7.38. The molecule has 0 heterocycles. The average molecular weight is 317 g/mol. The first kappa shape index (κ1) is 18.6. The van der Waals surface area contributed by atoms with Gasteiger partial charge in [0.1, 0.15) is 12.3 Å². The van der Waals surface area contributed by atoms with Gasteiger partial charge in [0.25, 0.3) is 0 Å². The molecule has 0 aliphatic heterocycles. The number of methoxy groups -OCH3 is 1. The summed E-state index contributed by atoms with van der Waals surface area (Å²) in [5, 5.41) is 0. The van der Waals surface area contributed by atoms with Crippen molar-refractivity contribution in [3.63, 3.8) is 0 Å². The van der Waals surface area contributed by atoms with Crippen molar-refractivity contribution in [2.75, 3.05) is 7.11 Å². The Balaban J connectivity index is 2.69. The van der Waals surface area contributed by atoms with Crippen molar-refractivity contribution in [1.82, 2.24) is 0 Å². The maximum atomic E-state index is 11.8. The summed E-state index contributed by atoms with van der Waals surface area (Å²) >= 11 is 0. The Morgan fingerprint density at radius 1 is 1.26 bits per heavy atom. The maximum Gasteiger partial charge on any atom is 0.434 e. The maximum absolute atomic E-state index is 11.8. The van der Waals surface area contributed by atoms with Crippen LogP contribution in [0.4, 0.5) is 4.79 Å². The van der Waals surface area contributed by atoms with Gasteiger partial charge in [0.05, 0.1) is 7.11 Å². The van der Waals surface area contributed by atoms with E-state index in [4.69, 9.17) is 4.74 Å². The number of benzene rings is 1. The molecule has 0 N–H and O–H groups in total. The van der Waals surface area contributed by atoms with Gasteiger partial charge in [-0.25, -0.2) is 9.59 Å². The molecule has 0 aromatic heterocycles. The highest BCUT2D eigenvalue weighted by molar-refractivity contribution is 6.37. The van der Waals surface area contributed by atoms with Crippen molar-refractivity contribution in [2.24, 2.45) is 10.4 Å². The van der Waals surface area contributed by atoms with E-state index in [1.807, 2.05) is 44.2 Å². The predicted molar refractivity (Wildman–Crippen MR) is 89.3 cm³/mol. The van der Waals surface area contributed by atoms with Crippen molar-refractivity contribution in [3.05, 3.63) is 48.6 Å². The molecule has 0 aliphatic carbocycles. The number of hydrogen-bond acceptors (Lipinski definition) is 4. The SMILES string of the molecule is C=CC(C)(C)CCC(=NC(=O)OCc1ccccc1)C(=O)OC. The molecule has 0 aliphatic rings. The number of aliphatic imine (C=N–C) groups is 1. The minimum absolute atomic E-state index is 0.0560. The zero-order chi connectivity index (χ0) is 17.3. The second-order valence-electron chi connectivity index (χ2n) is 5.78. The van der Waals surface area contributed by atoms with Gasteiger partial charge in [-0.1, -0.05) is 50.3 Å². The van der Waals surface area contributed by atoms with Crippen molar-refractivity contribution in [3.8, 4) is 0 Å². The van der Waals surface area contributed by atoms with E-state index < -0.39 is 12.1 Å². The van der Waals surface area contributed by atoms with E-state index in [1.165, 1.54) is 7.11 Å². The quantitative estimate of drug-likeness (QED) is 0.434. The number of esters is 1. The van der Waals surface area contributed by atoms with Crippen molar-refractivity contribution in [2.45, 2.75) is 33.3 Å². The van der Waals surface area contributed by atoms with Crippen LogP contribution in [0.5, 0.6) is 0 Å². The third-order valence-corrected chi connectivity index (χ3v) is 3.41. The van der Waals surface area contributed by atoms with Gasteiger partial charge in [-0.15, -0.1) is 6.58 Å². The molecule has 1 amide bonds. The van der Waals surface area contributed by atoms with Crippen LogP contribution in [0.1, 0.15) is 32.3 Å². The summed E-state index contributed by atoms with van der Waals surface area (Å²) < 4.78 is 9.73. The van der Waals surface area contributed by atoms with Crippen molar-refractivity contribution >= 4 is 17.8 Å². The van der Waals surface area contributed by atoms with E-state index >= 15 is 0 Å². The van der Waals surface area contributed by atoms with Crippen LogP contribution in [0.25, 0.3) is 0 Å². The zero-order valence-electron chi connectivity index (χ0n) is 13.9. The zero-order valence-corrected chi connectivity index (χ0v) is 13.9. The van der Waals surface area contributed by atoms with E-state index in [2.05, 4.69) is 16.3 Å². The van der Waals surface area contributed by atoms with Crippen LogP contribution in [0.3, 0.4) is 0 Å². The standard InChI is InChI=1S/C18H23NO4/c1-5-18(2,3)12-11-15(16(20)22-4)19-17(21)23-13-14-9-7-6-8-10-14/h5-10H,1,11-13H2,2-4H3. The fraction of sp³-hybridized carbons (Fsp3) is 0.389. The van der Waals surface area contributed by atoms with Crippen molar-refractivity contribution < 1.29 is 19.1 Å². The highest BCUT2D eigenvalue weighted by Crippen LogP contribution is 2.23. The summed E-state index contributed by atoms with van der Waals surface area (Å²) in [6, 6.07) is 9.25. The molecule has 0 saturated carbocycles. The molecule has 5 nitrogen and oxygen atoms in total. The van der Waals surface area contributed by atoms with E-state index in [0.717, 1.165) is 5.56 Å². The number of amides is 1. The molecular weight excluding hydrogens is 294 g/mol. The van der Waals surface area contributed by atoms with Gasteiger partial charge in [-0.3, -0.25) is 0 Å². The van der Waals surface area contributed by atoms with E-state index in [9.17, 15) is 9.59 Å². The molecular formula is C18H23NO4. The second kappa shape index (κ2) is 8.88. The molecule has 0 spiro atoms. The predicted octanol–water partition coefficient (Wildman–Crippen LogP) is 3.93. The van der Waals surface area contributed by atoms with Crippen LogP contribution >= 0.6 is 0 Å². The molecule has 0 saturated heterocycles. The molecule has 5 heteroatoms. The largest absolute Gasteiger partial charge is 0.465 e. The van der Waals surface area contributed by atoms with Gasteiger partial charge in [0.15, 0.2) is 0 Å². The summed E-state index contributed by atoms with van der Waals surface area (Å²) in [6.07, 6.45) is 1.93. The van der Waals surface area contributed by atoms with Gasteiger partial charge in [-0.2, -0.15) is 4.99 Å².